The van der Waals surface area contributed by atoms with Gasteiger partial charge in [-0.3, -0.25) is 14.9 Å². The number of carbonyl (C=O) groups is 3. The molecule has 0 heterocycles. The van der Waals surface area contributed by atoms with E-state index < -0.39 is 24.5 Å². The predicted molar refractivity (Wildman–Crippen MR) is 89.5 cm³/mol. The molecule has 0 spiro atoms. The van der Waals surface area contributed by atoms with Gasteiger partial charge in [0.05, 0.1) is 6.42 Å². The summed E-state index contributed by atoms with van der Waals surface area (Å²) >= 11 is 0. The minimum absolute atomic E-state index is 0.125. The van der Waals surface area contributed by atoms with Gasteiger partial charge in [0, 0.05) is 6.54 Å². The number of carbonyl (C=O) groups excluding carboxylic acids is 3. The molecule has 1 aliphatic rings. The lowest BCUT2D eigenvalue weighted by Gasteiger charge is -2.09. The summed E-state index contributed by atoms with van der Waals surface area (Å²) in [5.74, 6) is -0.833. The lowest BCUT2D eigenvalue weighted by atomic mass is 10.0. The maximum absolute atomic E-state index is 11.8. The van der Waals surface area contributed by atoms with E-state index >= 15 is 0 Å². The number of imide groups is 1. The first kappa shape index (κ1) is 18.0. The van der Waals surface area contributed by atoms with Crippen LogP contribution in [-0.2, 0) is 33.6 Å². The van der Waals surface area contributed by atoms with Gasteiger partial charge in [-0.25, -0.2) is 4.79 Å². The largest absolute Gasteiger partial charge is 0.455 e. The van der Waals surface area contributed by atoms with E-state index in [0.717, 1.165) is 24.8 Å². The smallest absolute Gasteiger partial charge is 0.321 e. The maximum Gasteiger partial charge on any atom is 0.321 e. The van der Waals surface area contributed by atoms with Crippen LogP contribution in [0, 0.1) is 5.92 Å². The molecular weight excluding hydrogens is 308 g/mol. The van der Waals surface area contributed by atoms with Crippen LogP contribution in [0.25, 0.3) is 0 Å². The number of aryl methyl sites for hydroxylation is 2. The van der Waals surface area contributed by atoms with Crippen molar-refractivity contribution < 1.29 is 19.1 Å². The van der Waals surface area contributed by atoms with E-state index in [2.05, 4.69) is 16.7 Å². The Labute approximate surface area is 142 Å². The van der Waals surface area contributed by atoms with Gasteiger partial charge in [0.2, 0.25) is 0 Å². The summed E-state index contributed by atoms with van der Waals surface area (Å²) in [6.45, 7) is 3.90. The molecule has 0 saturated carbocycles. The van der Waals surface area contributed by atoms with Crippen LogP contribution in [-0.4, -0.2) is 31.1 Å². The lowest BCUT2D eigenvalue weighted by molar-refractivity contribution is -0.147. The van der Waals surface area contributed by atoms with Crippen LogP contribution in [0.3, 0.4) is 0 Å². The van der Waals surface area contributed by atoms with Crippen molar-refractivity contribution in [1.82, 2.24) is 10.6 Å². The molecule has 3 amide bonds. The lowest BCUT2D eigenvalue weighted by Crippen LogP contribution is -2.42. The number of fused-ring (bicyclic) bond motifs is 1. The summed E-state index contributed by atoms with van der Waals surface area (Å²) in [4.78, 5) is 34.8. The Hall–Kier alpha value is -2.37. The van der Waals surface area contributed by atoms with Crippen LogP contribution in [0.4, 0.5) is 4.79 Å². The predicted octanol–water partition coefficient (Wildman–Crippen LogP) is 1.74. The van der Waals surface area contributed by atoms with Gasteiger partial charge in [0.15, 0.2) is 6.61 Å². The summed E-state index contributed by atoms with van der Waals surface area (Å²) < 4.78 is 4.92. The van der Waals surface area contributed by atoms with Gasteiger partial charge in [-0.2, -0.15) is 0 Å². The second-order valence-corrected chi connectivity index (χ2v) is 6.45. The molecule has 1 aromatic carbocycles. The highest BCUT2D eigenvalue weighted by Crippen LogP contribution is 2.23. The number of urea groups is 1. The number of benzene rings is 1. The minimum Gasteiger partial charge on any atom is -0.455 e. The quantitative estimate of drug-likeness (QED) is 0.777. The molecule has 0 fully saturated rings. The zero-order chi connectivity index (χ0) is 17.5. The van der Waals surface area contributed by atoms with Gasteiger partial charge in [0.25, 0.3) is 5.91 Å². The second-order valence-electron chi connectivity index (χ2n) is 6.45. The molecule has 1 aromatic rings. The van der Waals surface area contributed by atoms with Crippen LogP contribution in [0.1, 0.15) is 37.0 Å². The fraction of sp³-hybridized carbons (Fsp3) is 0.500. The number of rotatable bonds is 6. The number of hydrogen-bond donors (Lipinski definition) is 2. The monoisotopic (exact) mass is 332 g/mol. The van der Waals surface area contributed by atoms with Crippen molar-refractivity contribution in [2.45, 2.75) is 39.5 Å². The van der Waals surface area contributed by atoms with Gasteiger partial charge in [0.1, 0.15) is 0 Å². The van der Waals surface area contributed by atoms with E-state index in [9.17, 15) is 14.4 Å². The molecule has 6 heteroatoms. The molecule has 0 aliphatic heterocycles. The topological polar surface area (TPSA) is 84.5 Å². The first-order valence-corrected chi connectivity index (χ1v) is 8.28. The Morgan fingerprint density at radius 1 is 1.17 bits per heavy atom. The average molecular weight is 332 g/mol. The number of hydrogen-bond acceptors (Lipinski definition) is 4. The van der Waals surface area contributed by atoms with E-state index in [1.807, 2.05) is 26.0 Å². The van der Waals surface area contributed by atoms with Crippen molar-refractivity contribution in [3.8, 4) is 0 Å². The van der Waals surface area contributed by atoms with Crippen molar-refractivity contribution in [2.24, 2.45) is 5.92 Å². The molecule has 6 nitrogen and oxygen atoms in total. The number of esters is 1. The first-order valence-electron chi connectivity index (χ1n) is 8.28. The van der Waals surface area contributed by atoms with E-state index in [0.29, 0.717) is 6.54 Å². The minimum atomic E-state index is -0.640. The van der Waals surface area contributed by atoms with Gasteiger partial charge in [-0.05, 0) is 41.9 Å². The summed E-state index contributed by atoms with van der Waals surface area (Å²) in [5.41, 5.74) is 3.52. The molecule has 0 unspecified atom stereocenters. The third kappa shape index (κ3) is 5.68. The van der Waals surface area contributed by atoms with Crippen molar-refractivity contribution in [2.75, 3.05) is 13.2 Å². The van der Waals surface area contributed by atoms with Crippen molar-refractivity contribution in [1.29, 1.82) is 0 Å². The first-order chi connectivity index (χ1) is 11.4. The van der Waals surface area contributed by atoms with Crippen LogP contribution in [0.5, 0.6) is 0 Å². The molecule has 130 valence electrons. The average Bonchev–Trinajstić information content (AvgIpc) is 2.98. The fourth-order valence-corrected chi connectivity index (χ4v) is 2.60. The third-order valence-corrected chi connectivity index (χ3v) is 3.80. The van der Waals surface area contributed by atoms with Crippen LogP contribution >= 0.6 is 0 Å². The molecule has 0 radical (unpaired) electrons. The molecule has 0 bridgehead atoms. The highest BCUT2D eigenvalue weighted by atomic mass is 16.5. The highest BCUT2D eigenvalue weighted by Gasteiger charge is 2.14. The Balaban J connectivity index is 1.71. The molecule has 0 aromatic heterocycles. The molecule has 2 N–H and O–H groups in total. The van der Waals surface area contributed by atoms with Crippen molar-refractivity contribution in [3.05, 3.63) is 34.9 Å². The van der Waals surface area contributed by atoms with E-state index in [1.54, 1.807) is 0 Å². The molecule has 0 saturated heterocycles. The normalized spacial score (nSPS) is 12.6. The maximum atomic E-state index is 11.8. The van der Waals surface area contributed by atoms with Gasteiger partial charge in [-0.15, -0.1) is 0 Å². The molecule has 24 heavy (non-hydrogen) atoms. The number of amides is 3. The fourth-order valence-electron chi connectivity index (χ4n) is 2.60. The van der Waals surface area contributed by atoms with E-state index in [4.69, 9.17) is 4.74 Å². The van der Waals surface area contributed by atoms with Gasteiger partial charge in [-0.1, -0.05) is 32.0 Å². The zero-order valence-electron chi connectivity index (χ0n) is 14.2. The summed E-state index contributed by atoms with van der Waals surface area (Å²) in [7, 11) is 0. The Morgan fingerprint density at radius 3 is 2.67 bits per heavy atom. The molecule has 0 atom stereocenters. The van der Waals surface area contributed by atoms with Crippen LogP contribution in [0.15, 0.2) is 18.2 Å². The zero-order valence-corrected chi connectivity index (χ0v) is 14.2. The SMILES string of the molecule is CC(C)CNC(=O)NC(=O)COC(=O)Cc1ccc2c(c1)CCC2. The number of nitrogens with one attached hydrogen (secondary N) is 2. The second kappa shape index (κ2) is 8.47. The van der Waals surface area contributed by atoms with Crippen LogP contribution < -0.4 is 10.6 Å². The summed E-state index contributed by atoms with van der Waals surface area (Å²) in [5, 5.41) is 4.68. The van der Waals surface area contributed by atoms with E-state index in [-0.39, 0.29) is 12.3 Å². The standard InChI is InChI=1S/C18H24N2O4/c1-12(2)10-19-18(23)20-16(21)11-24-17(22)9-13-6-7-14-4-3-5-15(14)8-13/h6-8,12H,3-5,9-11H2,1-2H3,(H2,19,20,21,23). The Kier molecular flexibility index (Phi) is 6.35. The summed E-state index contributed by atoms with van der Waals surface area (Å²) in [6, 6.07) is 5.42. The third-order valence-electron chi connectivity index (χ3n) is 3.80. The number of ether oxygens (including phenoxy) is 1. The molecule has 2 rings (SSSR count). The van der Waals surface area contributed by atoms with Gasteiger partial charge < -0.3 is 10.1 Å². The van der Waals surface area contributed by atoms with Crippen LogP contribution in [0.2, 0.25) is 0 Å². The highest BCUT2D eigenvalue weighted by molar-refractivity contribution is 5.95. The summed E-state index contributed by atoms with van der Waals surface area (Å²) in [6.07, 6.45) is 3.42. The molecule has 1 aliphatic carbocycles. The van der Waals surface area contributed by atoms with Crippen molar-refractivity contribution >= 4 is 17.9 Å². The van der Waals surface area contributed by atoms with Gasteiger partial charge >= 0.3 is 12.0 Å². The van der Waals surface area contributed by atoms with Crippen molar-refractivity contribution in [3.63, 3.8) is 0 Å². The Bertz CT molecular complexity index is 625. The Morgan fingerprint density at radius 2 is 1.92 bits per heavy atom. The molecular formula is C18H24N2O4. The van der Waals surface area contributed by atoms with E-state index in [1.165, 1.54) is 11.1 Å².